The fourth-order valence-corrected chi connectivity index (χ4v) is 2.94. The molecule has 0 spiro atoms. The molecule has 0 saturated heterocycles. The van der Waals surface area contributed by atoms with Gasteiger partial charge in [-0.1, -0.05) is 69.2 Å². The predicted molar refractivity (Wildman–Crippen MR) is 86.6 cm³/mol. The zero-order valence-electron chi connectivity index (χ0n) is 11.7. The first kappa shape index (κ1) is 19.2. The average Bonchev–Trinajstić information content (AvgIpc) is 2.43. The second-order valence-electron chi connectivity index (χ2n) is 4.48. The van der Waals surface area contributed by atoms with Crippen LogP contribution in [0.5, 0.6) is 0 Å². The number of carbonyl (C=O) groups is 1. The van der Waals surface area contributed by atoms with Crippen LogP contribution in [0, 0.1) is 0 Å². The van der Waals surface area contributed by atoms with Gasteiger partial charge < -0.3 is 9.07 Å². The fourth-order valence-electron chi connectivity index (χ4n) is 1.63. The Kier molecular flexibility index (Phi) is 14.8. The molecule has 19 heavy (non-hydrogen) atoms. The molecular weight excluding hydrogens is 291 g/mol. The van der Waals surface area contributed by atoms with Crippen LogP contribution in [-0.4, -0.2) is 25.5 Å². The van der Waals surface area contributed by atoms with Gasteiger partial charge in [-0.05, 0) is 12.1 Å². The normalized spacial score (nSPS) is 9.21. The number of unbranched alkanes of at least 4 members (excludes halogenated alkanes) is 5. The molecule has 0 aromatic heterocycles. The van der Waals surface area contributed by atoms with E-state index in [1.807, 2.05) is 0 Å². The molecule has 0 aliphatic rings. The average molecular weight is 314 g/mol. The first-order chi connectivity index (χ1) is 9.24. The topological polar surface area (TPSA) is 17.1 Å². The summed E-state index contributed by atoms with van der Waals surface area (Å²) in [5.41, 5.74) is 0.613. The Morgan fingerprint density at radius 3 is 2.37 bits per heavy atom. The van der Waals surface area contributed by atoms with E-state index in [9.17, 15) is 4.79 Å². The molecule has 104 valence electrons. The van der Waals surface area contributed by atoms with Crippen LogP contribution in [0.4, 0.5) is 0 Å². The van der Waals surface area contributed by atoms with Crippen LogP contribution >= 0.6 is 20.7 Å². The van der Waals surface area contributed by atoms with Gasteiger partial charge in [-0.2, -0.15) is 0 Å². The lowest BCUT2D eigenvalue weighted by Gasteiger charge is -1.97. The summed E-state index contributed by atoms with van der Waals surface area (Å²) < 4.78 is 1.34. The molecule has 0 aliphatic heterocycles. The van der Waals surface area contributed by atoms with Gasteiger partial charge in [0.1, 0.15) is 6.29 Å². The van der Waals surface area contributed by atoms with Gasteiger partial charge in [-0.15, -0.1) is 4.55 Å². The minimum atomic E-state index is -0.153. The third-order valence-corrected chi connectivity index (χ3v) is 4.53. The molecule has 0 heterocycles. The lowest BCUT2D eigenvalue weighted by molar-refractivity contribution is 0.112. The maximum absolute atomic E-state index is 10.1. The first-order valence-electron chi connectivity index (χ1n) is 7.01. The largest absolute Gasteiger partial charge is 0.501 e. The zero-order chi connectivity index (χ0) is 14.3. The van der Waals surface area contributed by atoms with Crippen LogP contribution in [0.1, 0.15) is 55.8 Å². The molecule has 0 saturated carbocycles. The molecule has 1 nitrogen and oxygen atoms in total. The van der Waals surface area contributed by atoms with Crippen molar-refractivity contribution in [2.24, 2.45) is 0 Å². The third-order valence-electron chi connectivity index (χ3n) is 2.72. The zero-order valence-corrected chi connectivity index (χ0v) is 14.6. The van der Waals surface area contributed by atoms with E-state index in [0.717, 1.165) is 6.29 Å². The number of rotatable bonds is 8. The number of benzene rings is 1. The van der Waals surface area contributed by atoms with Gasteiger partial charge in [0, 0.05) is 10.6 Å². The van der Waals surface area contributed by atoms with Crippen molar-refractivity contribution in [1.82, 2.24) is 0 Å². The molecule has 0 bridgehead atoms. The van der Waals surface area contributed by atoms with Gasteiger partial charge in [0.25, 0.3) is 0 Å². The molecule has 0 unspecified atom stereocenters. The Balaban J connectivity index is 0.000000342. The van der Waals surface area contributed by atoms with E-state index >= 15 is 0 Å². The third kappa shape index (κ3) is 13.0. The van der Waals surface area contributed by atoms with Crippen molar-refractivity contribution in [3.63, 3.8) is 0 Å². The van der Waals surface area contributed by atoms with E-state index < -0.39 is 0 Å². The van der Waals surface area contributed by atoms with Crippen molar-refractivity contribution in [3.8, 4) is 0 Å². The summed E-state index contributed by atoms with van der Waals surface area (Å²) >= 11 is 5.41. The van der Waals surface area contributed by atoms with E-state index in [1.54, 1.807) is 24.3 Å². The van der Waals surface area contributed by atoms with Crippen LogP contribution < -0.4 is 0 Å². The minimum absolute atomic E-state index is 0.153. The maximum Gasteiger partial charge on any atom is 0.501 e. The van der Waals surface area contributed by atoms with Crippen LogP contribution in [0.15, 0.2) is 24.3 Å². The quantitative estimate of drug-likeness (QED) is 0.338. The Hall–Kier alpha value is 0.236. The summed E-state index contributed by atoms with van der Waals surface area (Å²) in [5, 5.41) is 0.597. The molecule has 0 amide bonds. The molecule has 0 radical (unpaired) electrons. The highest BCUT2D eigenvalue weighted by Crippen LogP contribution is 2.08. The lowest BCUT2D eigenvalue weighted by atomic mass is 10.1. The summed E-state index contributed by atoms with van der Waals surface area (Å²) in [7, 11) is 5.68. The van der Waals surface area contributed by atoms with Gasteiger partial charge in [0.15, 0.2) is 0 Å². The van der Waals surface area contributed by atoms with Gasteiger partial charge in [-0.25, -0.2) is 0 Å². The van der Waals surface area contributed by atoms with Crippen molar-refractivity contribution >= 4 is 46.2 Å². The number of hydrogen-bond acceptors (Lipinski definition) is 1. The summed E-state index contributed by atoms with van der Waals surface area (Å²) in [5.74, 6) is 0. The molecule has 0 N–H and O–H groups in total. The van der Waals surface area contributed by atoms with Crippen molar-refractivity contribution in [2.75, 3.05) is 0 Å². The highest BCUT2D eigenvalue weighted by molar-refractivity contribution is 6.93. The van der Waals surface area contributed by atoms with Crippen molar-refractivity contribution in [3.05, 3.63) is 34.9 Å². The maximum atomic E-state index is 10.1. The van der Waals surface area contributed by atoms with Crippen molar-refractivity contribution < 1.29 is 4.79 Å². The Labute approximate surface area is 135 Å². The number of hydrogen-bond donors (Lipinski definition) is 0. The highest BCUT2D eigenvalue weighted by Gasteiger charge is 1.91. The smallest absolute Gasteiger partial charge is 0.346 e. The van der Waals surface area contributed by atoms with E-state index in [-0.39, 0.29) is 19.3 Å². The highest BCUT2D eigenvalue weighted by atomic mass is 35.5. The summed E-state index contributed by atoms with van der Waals surface area (Å²) in [4.78, 5) is 10.1. The predicted octanol–water partition coefficient (Wildman–Crippen LogP) is 5.78. The molecule has 0 aliphatic carbocycles. The first-order valence-corrected chi connectivity index (χ1v) is 10.5. The molecule has 1 aromatic carbocycles. The fraction of sp³-hybridized carbons (Fsp3) is 0.533. The second kappa shape index (κ2) is 14.6. The van der Waals surface area contributed by atoms with Crippen LogP contribution in [-0.2, 0) is 0 Å². The molecular formula is C15H22Cl2MgO. The molecule has 0 fully saturated rings. The van der Waals surface area contributed by atoms with Crippen molar-refractivity contribution in [1.29, 1.82) is 0 Å². The summed E-state index contributed by atoms with van der Waals surface area (Å²) in [6, 6.07) is 6.80. The van der Waals surface area contributed by atoms with Crippen LogP contribution in [0.25, 0.3) is 0 Å². The van der Waals surface area contributed by atoms with E-state index in [4.69, 9.17) is 20.7 Å². The van der Waals surface area contributed by atoms with E-state index in [0.29, 0.717) is 10.6 Å². The number of halogens is 2. The Morgan fingerprint density at radius 2 is 1.84 bits per heavy atom. The van der Waals surface area contributed by atoms with E-state index in [1.165, 1.54) is 43.1 Å². The SMILES string of the molecule is CCCCCCC[CH2][Mg][Cl].O=Cc1cccc(Cl)c1. The van der Waals surface area contributed by atoms with Gasteiger partial charge >= 0.3 is 19.3 Å². The summed E-state index contributed by atoms with van der Waals surface area (Å²) in [6.45, 7) is 2.26. The monoisotopic (exact) mass is 312 g/mol. The lowest BCUT2D eigenvalue weighted by Crippen LogP contribution is -1.80. The summed E-state index contributed by atoms with van der Waals surface area (Å²) in [6.07, 6.45) is 9.20. The van der Waals surface area contributed by atoms with E-state index in [2.05, 4.69) is 6.92 Å². The molecule has 1 aromatic rings. The minimum Gasteiger partial charge on any atom is -0.346 e. The standard InChI is InChI=1S/C8H17.C7H5ClO.ClH.Mg/c1-3-5-7-8-6-4-2;8-7-3-1-2-6(4-7)5-9;;/h1,3-8H2,2H3;1-5H;1H;/q;;;+1/p-1. The van der Waals surface area contributed by atoms with Gasteiger partial charge in [0.05, 0.1) is 0 Å². The Bertz CT molecular complexity index is 324. The van der Waals surface area contributed by atoms with Crippen LogP contribution in [0.3, 0.4) is 0 Å². The van der Waals surface area contributed by atoms with Crippen LogP contribution in [0.2, 0.25) is 9.57 Å². The molecule has 4 heteroatoms. The molecule has 1 rings (SSSR count). The Morgan fingerprint density at radius 1 is 1.16 bits per heavy atom. The van der Waals surface area contributed by atoms with Gasteiger partial charge in [0.2, 0.25) is 0 Å². The number of carbonyl (C=O) groups excluding carboxylic acids is 1. The number of aldehydes is 1. The van der Waals surface area contributed by atoms with Crippen molar-refractivity contribution in [2.45, 2.75) is 50.0 Å². The second-order valence-corrected chi connectivity index (χ2v) is 7.14. The van der Waals surface area contributed by atoms with Gasteiger partial charge in [-0.3, -0.25) is 4.79 Å². The molecule has 0 atom stereocenters.